The first kappa shape index (κ1) is 13.3. The van der Waals surface area contributed by atoms with Gasteiger partial charge in [0.15, 0.2) is 0 Å². The van der Waals surface area contributed by atoms with Crippen LogP contribution in [0.5, 0.6) is 0 Å². The van der Waals surface area contributed by atoms with E-state index in [4.69, 9.17) is 5.73 Å². The molecule has 0 radical (unpaired) electrons. The van der Waals surface area contributed by atoms with E-state index in [0.29, 0.717) is 6.54 Å². The van der Waals surface area contributed by atoms with Gasteiger partial charge >= 0.3 is 0 Å². The highest BCUT2D eigenvalue weighted by molar-refractivity contribution is 7.10. The number of hydrogen-bond acceptors (Lipinski definition) is 3. The van der Waals surface area contributed by atoms with Crippen LogP contribution in [0.2, 0.25) is 0 Å². The van der Waals surface area contributed by atoms with Crippen LogP contribution in [0.15, 0.2) is 41.8 Å². The number of benzene rings is 1. The Hall–Kier alpha value is -1.65. The molecule has 3 rings (SSSR count). The smallest absolute Gasteiger partial charge is 0.247 e. The van der Waals surface area contributed by atoms with E-state index in [1.54, 1.807) is 18.3 Å². The molecule has 3 nitrogen and oxygen atoms in total. The lowest BCUT2D eigenvalue weighted by molar-refractivity contribution is -0.137. The van der Waals surface area contributed by atoms with Gasteiger partial charge in [-0.25, -0.2) is 0 Å². The van der Waals surface area contributed by atoms with Gasteiger partial charge < -0.3 is 10.6 Å². The summed E-state index contributed by atoms with van der Waals surface area (Å²) in [5.74, 6) is 0.000509. The van der Waals surface area contributed by atoms with Crippen molar-refractivity contribution in [1.29, 1.82) is 0 Å². The molecule has 2 heterocycles. The minimum atomic E-state index is -0.964. The van der Waals surface area contributed by atoms with Crippen LogP contribution in [0.25, 0.3) is 0 Å². The predicted molar refractivity (Wildman–Crippen MR) is 81.4 cm³/mol. The molecule has 0 aliphatic carbocycles. The first-order valence-corrected chi connectivity index (χ1v) is 7.66. The Bertz CT molecular complexity index is 618. The van der Waals surface area contributed by atoms with E-state index in [-0.39, 0.29) is 5.91 Å². The molecule has 2 N–H and O–H groups in total. The van der Waals surface area contributed by atoms with Gasteiger partial charge in [0.25, 0.3) is 0 Å². The number of amides is 1. The zero-order valence-electron chi connectivity index (χ0n) is 11.5. The average molecular weight is 286 g/mol. The second-order valence-corrected chi connectivity index (χ2v) is 6.41. The summed E-state index contributed by atoms with van der Waals surface area (Å²) < 4.78 is 0. The molecular formula is C16H18N2OS. The van der Waals surface area contributed by atoms with Crippen molar-refractivity contribution >= 4 is 17.2 Å². The van der Waals surface area contributed by atoms with E-state index in [9.17, 15) is 4.79 Å². The summed E-state index contributed by atoms with van der Waals surface area (Å²) in [5.41, 5.74) is 7.48. The van der Waals surface area contributed by atoms with E-state index >= 15 is 0 Å². The Morgan fingerprint density at radius 1 is 1.30 bits per heavy atom. The van der Waals surface area contributed by atoms with Gasteiger partial charge in [-0.2, -0.15) is 0 Å². The third-order valence-electron chi connectivity index (χ3n) is 3.91. The van der Waals surface area contributed by atoms with Gasteiger partial charge in [-0.1, -0.05) is 30.3 Å². The number of thiophene rings is 1. The minimum Gasteiger partial charge on any atom is -0.336 e. The summed E-state index contributed by atoms with van der Waals surface area (Å²) in [6.07, 6.45) is 0.934. The molecule has 1 atom stereocenters. The molecule has 104 valence electrons. The quantitative estimate of drug-likeness (QED) is 0.922. The fraction of sp³-hybridized carbons (Fsp3) is 0.312. The second kappa shape index (κ2) is 5.04. The maximum absolute atomic E-state index is 12.8. The number of nitrogens with two attached hydrogens (primary N) is 1. The van der Waals surface area contributed by atoms with Crippen molar-refractivity contribution in [3.63, 3.8) is 0 Å². The van der Waals surface area contributed by atoms with Crippen LogP contribution < -0.4 is 5.73 Å². The molecule has 1 aliphatic heterocycles. The third kappa shape index (κ3) is 2.25. The lowest BCUT2D eigenvalue weighted by atomic mass is 9.91. The molecular weight excluding hydrogens is 268 g/mol. The van der Waals surface area contributed by atoms with Crippen LogP contribution in [-0.2, 0) is 23.3 Å². The number of nitrogens with zero attached hydrogens (tertiary/aromatic N) is 1. The van der Waals surface area contributed by atoms with Crippen LogP contribution in [0.4, 0.5) is 0 Å². The monoisotopic (exact) mass is 286 g/mol. The Kier molecular flexibility index (Phi) is 3.36. The van der Waals surface area contributed by atoms with Crippen molar-refractivity contribution in [2.75, 3.05) is 6.54 Å². The summed E-state index contributed by atoms with van der Waals surface area (Å²) >= 11 is 1.77. The first-order chi connectivity index (χ1) is 9.59. The number of carbonyl (C=O) groups excluding carboxylic acids is 1. The Labute approximate surface area is 123 Å². The van der Waals surface area contributed by atoms with E-state index in [1.807, 2.05) is 35.2 Å². The molecule has 4 heteroatoms. The summed E-state index contributed by atoms with van der Waals surface area (Å²) in [4.78, 5) is 16.0. The van der Waals surface area contributed by atoms with Gasteiger partial charge in [0, 0.05) is 18.0 Å². The lowest BCUT2D eigenvalue weighted by Gasteiger charge is -2.34. The van der Waals surface area contributed by atoms with Crippen molar-refractivity contribution in [2.24, 2.45) is 5.73 Å². The highest BCUT2D eigenvalue weighted by atomic mass is 32.1. The van der Waals surface area contributed by atoms with Crippen LogP contribution in [0.1, 0.15) is 22.9 Å². The van der Waals surface area contributed by atoms with Crippen molar-refractivity contribution < 1.29 is 4.79 Å². The fourth-order valence-corrected chi connectivity index (χ4v) is 3.55. The standard InChI is InChI=1S/C16H18N2OS/c1-16(17,13-5-3-2-4-6-13)15(19)18-9-7-14-12(11-18)8-10-20-14/h2-6,8,10H,7,9,11,17H2,1H3. The van der Waals surface area contributed by atoms with Gasteiger partial charge in [0.05, 0.1) is 0 Å². The number of hydrogen-bond donors (Lipinski definition) is 1. The number of fused-ring (bicyclic) bond motifs is 1. The minimum absolute atomic E-state index is 0.000509. The summed E-state index contributed by atoms with van der Waals surface area (Å²) in [6.45, 7) is 3.23. The average Bonchev–Trinajstić information content (AvgIpc) is 2.94. The van der Waals surface area contributed by atoms with E-state index in [1.165, 1.54) is 10.4 Å². The maximum Gasteiger partial charge on any atom is 0.247 e. The van der Waals surface area contributed by atoms with Crippen molar-refractivity contribution in [1.82, 2.24) is 4.90 Å². The topological polar surface area (TPSA) is 46.3 Å². The summed E-state index contributed by atoms with van der Waals surface area (Å²) in [7, 11) is 0. The number of rotatable bonds is 2. The predicted octanol–water partition coefficient (Wildman–Crippen LogP) is 2.51. The van der Waals surface area contributed by atoms with Crippen LogP contribution >= 0.6 is 11.3 Å². The molecule has 1 amide bonds. The second-order valence-electron chi connectivity index (χ2n) is 5.41. The molecule has 20 heavy (non-hydrogen) atoms. The molecule has 1 unspecified atom stereocenters. The van der Waals surface area contributed by atoms with E-state index < -0.39 is 5.54 Å². The maximum atomic E-state index is 12.8. The van der Waals surface area contributed by atoms with Crippen molar-refractivity contribution in [3.8, 4) is 0 Å². The largest absolute Gasteiger partial charge is 0.336 e. The molecule has 0 saturated heterocycles. The molecule has 0 spiro atoms. The molecule has 1 aromatic carbocycles. The SMILES string of the molecule is CC(N)(C(=O)N1CCc2sccc2C1)c1ccccc1. The zero-order chi connectivity index (χ0) is 14.2. The van der Waals surface area contributed by atoms with Gasteiger partial charge in [-0.05, 0) is 35.9 Å². The molecule has 2 aromatic rings. The van der Waals surface area contributed by atoms with Gasteiger partial charge in [-0.3, -0.25) is 4.79 Å². The van der Waals surface area contributed by atoms with Crippen molar-refractivity contribution in [3.05, 3.63) is 57.8 Å². The lowest BCUT2D eigenvalue weighted by Crippen LogP contribution is -2.51. The zero-order valence-corrected chi connectivity index (χ0v) is 12.3. The molecule has 0 bridgehead atoms. The van der Waals surface area contributed by atoms with Gasteiger partial charge in [0.2, 0.25) is 5.91 Å². The van der Waals surface area contributed by atoms with Gasteiger partial charge in [0.1, 0.15) is 5.54 Å². The van der Waals surface area contributed by atoms with Crippen LogP contribution in [0.3, 0.4) is 0 Å². The van der Waals surface area contributed by atoms with Gasteiger partial charge in [-0.15, -0.1) is 11.3 Å². The highest BCUT2D eigenvalue weighted by Gasteiger charge is 2.35. The summed E-state index contributed by atoms with van der Waals surface area (Å²) in [6, 6.07) is 11.7. The van der Waals surface area contributed by atoms with Crippen LogP contribution in [0, 0.1) is 0 Å². The first-order valence-electron chi connectivity index (χ1n) is 6.78. The Balaban J connectivity index is 1.83. The van der Waals surface area contributed by atoms with E-state index in [2.05, 4.69) is 11.4 Å². The van der Waals surface area contributed by atoms with Crippen molar-refractivity contribution in [2.45, 2.75) is 25.4 Å². The van der Waals surface area contributed by atoms with Crippen LogP contribution in [-0.4, -0.2) is 17.4 Å². The fourth-order valence-electron chi connectivity index (χ4n) is 2.66. The Morgan fingerprint density at radius 2 is 2.05 bits per heavy atom. The summed E-state index contributed by atoms with van der Waals surface area (Å²) in [5, 5.41) is 2.09. The number of carbonyl (C=O) groups is 1. The Morgan fingerprint density at radius 3 is 2.80 bits per heavy atom. The normalized spacial score (nSPS) is 17.4. The highest BCUT2D eigenvalue weighted by Crippen LogP contribution is 2.27. The third-order valence-corrected chi connectivity index (χ3v) is 4.94. The molecule has 0 saturated carbocycles. The molecule has 1 aliphatic rings. The molecule has 0 fully saturated rings. The van der Waals surface area contributed by atoms with E-state index in [0.717, 1.165) is 18.5 Å². The molecule has 1 aromatic heterocycles.